The Bertz CT molecular complexity index is 730. The van der Waals surface area contributed by atoms with Crippen LogP contribution >= 0.6 is 0 Å². The van der Waals surface area contributed by atoms with Crippen LogP contribution in [0, 0.1) is 5.82 Å². The zero-order valence-electron chi connectivity index (χ0n) is 16.2. The van der Waals surface area contributed by atoms with E-state index >= 15 is 0 Å². The summed E-state index contributed by atoms with van der Waals surface area (Å²) >= 11 is 0. The van der Waals surface area contributed by atoms with Crippen molar-refractivity contribution < 1.29 is 9.13 Å². The number of halogens is 1. The smallest absolute Gasteiger partial charge is 0.123 e. The summed E-state index contributed by atoms with van der Waals surface area (Å²) in [5.74, 6) is 1.37. The first-order chi connectivity index (χ1) is 12.6. The lowest BCUT2D eigenvalue weighted by molar-refractivity contribution is 0.195. The number of hydrogen-bond acceptors (Lipinski definition) is 2. The maximum absolute atomic E-state index is 13.4. The average Bonchev–Trinajstić information content (AvgIpc) is 2.66. The minimum absolute atomic E-state index is 0.146. The zero-order chi connectivity index (χ0) is 18.5. The van der Waals surface area contributed by atoms with Gasteiger partial charge in [-0.25, -0.2) is 4.39 Å². The minimum atomic E-state index is -0.146. The van der Waals surface area contributed by atoms with Gasteiger partial charge in [-0.15, -0.1) is 0 Å². The van der Waals surface area contributed by atoms with Gasteiger partial charge in [-0.05, 0) is 86.0 Å². The Labute approximate surface area is 157 Å². The van der Waals surface area contributed by atoms with Crippen molar-refractivity contribution in [3.63, 3.8) is 0 Å². The summed E-state index contributed by atoms with van der Waals surface area (Å²) < 4.78 is 18.8. The van der Waals surface area contributed by atoms with Crippen molar-refractivity contribution in [1.82, 2.24) is 4.90 Å². The van der Waals surface area contributed by atoms with Crippen LogP contribution in [0.5, 0.6) is 5.75 Å². The molecule has 2 aromatic rings. The number of aryl methyl sites for hydroxylation is 1. The van der Waals surface area contributed by atoms with E-state index in [2.05, 4.69) is 37.1 Å². The van der Waals surface area contributed by atoms with Gasteiger partial charge in [0.25, 0.3) is 0 Å². The van der Waals surface area contributed by atoms with Crippen LogP contribution in [0.25, 0.3) is 0 Å². The van der Waals surface area contributed by atoms with Gasteiger partial charge < -0.3 is 9.64 Å². The van der Waals surface area contributed by atoms with Crippen molar-refractivity contribution in [2.45, 2.75) is 51.0 Å². The molecule has 0 amide bonds. The van der Waals surface area contributed by atoms with E-state index in [-0.39, 0.29) is 5.82 Å². The molecule has 0 aliphatic heterocycles. The predicted molar refractivity (Wildman–Crippen MR) is 105 cm³/mol. The Balaban J connectivity index is 1.72. The van der Waals surface area contributed by atoms with Crippen molar-refractivity contribution in [2.24, 2.45) is 0 Å². The molecule has 2 unspecified atom stereocenters. The Hall–Kier alpha value is -1.87. The summed E-state index contributed by atoms with van der Waals surface area (Å²) in [5.41, 5.74) is 4.00. The fourth-order valence-corrected chi connectivity index (χ4v) is 4.42. The maximum atomic E-state index is 13.4. The molecule has 140 valence electrons. The molecule has 1 aliphatic rings. The van der Waals surface area contributed by atoms with Gasteiger partial charge in [0.2, 0.25) is 0 Å². The van der Waals surface area contributed by atoms with Crippen LogP contribution < -0.4 is 4.74 Å². The van der Waals surface area contributed by atoms with Gasteiger partial charge in [0.15, 0.2) is 0 Å². The highest BCUT2D eigenvalue weighted by atomic mass is 19.1. The van der Waals surface area contributed by atoms with Gasteiger partial charge >= 0.3 is 0 Å². The normalized spacial score (nSPS) is 17.8. The topological polar surface area (TPSA) is 12.5 Å². The van der Waals surface area contributed by atoms with Crippen LogP contribution in [0.15, 0.2) is 42.5 Å². The molecule has 0 spiro atoms. The number of likely N-dealkylation sites (N-methyl/N-ethyl adjacent to an activating group) is 1. The molecule has 3 heteroatoms. The lowest BCUT2D eigenvalue weighted by Crippen LogP contribution is -2.39. The Kier molecular flexibility index (Phi) is 6.31. The molecule has 0 saturated carbocycles. The summed E-state index contributed by atoms with van der Waals surface area (Å²) in [6.45, 7) is 3.23. The van der Waals surface area contributed by atoms with Crippen LogP contribution in [0.4, 0.5) is 4.39 Å². The molecule has 2 nitrogen and oxygen atoms in total. The average molecular weight is 355 g/mol. The van der Waals surface area contributed by atoms with E-state index in [4.69, 9.17) is 4.74 Å². The number of fused-ring (bicyclic) bond motifs is 1. The number of ether oxygens (including phenoxy) is 1. The zero-order valence-corrected chi connectivity index (χ0v) is 16.2. The van der Waals surface area contributed by atoms with E-state index in [0.717, 1.165) is 37.1 Å². The van der Waals surface area contributed by atoms with Crippen molar-refractivity contribution in [3.05, 3.63) is 65.0 Å². The summed E-state index contributed by atoms with van der Waals surface area (Å²) in [7, 11) is 3.95. The van der Waals surface area contributed by atoms with Gasteiger partial charge in [-0.2, -0.15) is 0 Å². The van der Waals surface area contributed by atoms with Gasteiger partial charge in [0.1, 0.15) is 11.6 Å². The number of methoxy groups -OCH3 is 1. The highest BCUT2D eigenvalue weighted by molar-refractivity contribution is 5.40. The number of nitrogens with zero attached hydrogens (tertiary/aromatic N) is 1. The van der Waals surface area contributed by atoms with Crippen molar-refractivity contribution in [2.75, 3.05) is 20.7 Å². The van der Waals surface area contributed by atoms with E-state index in [0.29, 0.717) is 12.0 Å². The molecule has 0 saturated heterocycles. The largest absolute Gasteiger partial charge is 0.497 e. The quantitative estimate of drug-likeness (QED) is 0.676. The molecule has 0 fully saturated rings. The van der Waals surface area contributed by atoms with Crippen molar-refractivity contribution in [3.8, 4) is 5.75 Å². The number of benzene rings is 2. The van der Waals surface area contributed by atoms with E-state index in [1.54, 1.807) is 19.2 Å². The monoisotopic (exact) mass is 355 g/mol. The molecule has 0 N–H and O–H groups in total. The SMILES string of the molecule is CCC(C1CCCc2cc(OC)ccc21)N(C)CCc1cccc(F)c1. The molecule has 0 radical (unpaired) electrons. The van der Waals surface area contributed by atoms with Crippen molar-refractivity contribution in [1.29, 1.82) is 0 Å². The summed E-state index contributed by atoms with van der Waals surface area (Å²) in [6.07, 6.45) is 5.62. The van der Waals surface area contributed by atoms with Gasteiger partial charge in [-0.3, -0.25) is 0 Å². The van der Waals surface area contributed by atoms with Crippen LogP contribution in [0.3, 0.4) is 0 Å². The van der Waals surface area contributed by atoms with Gasteiger partial charge in [0.05, 0.1) is 7.11 Å². The van der Waals surface area contributed by atoms with Crippen molar-refractivity contribution >= 4 is 0 Å². The number of hydrogen-bond donors (Lipinski definition) is 0. The molecule has 2 aromatic carbocycles. The first-order valence-electron chi connectivity index (χ1n) is 9.74. The highest BCUT2D eigenvalue weighted by Crippen LogP contribution is 2.38. The van der Waals surface area contributed by atoms with E-state index < -0.39 is 0 Å². The van der Waals surface area contributed by atoms with Crippen LogP contribution in [0.2, 0.25) is 0 Å². The number of rotatable bonds is 7. The molecular formula is C23H30FNO. The Morgan fingerprint density at radius 3 is 2.81 bits per heavy atom. The Morgan fingerprint density at radius 2 is 2.08 bits per heavy atom. The second-order valence-corrected chi connectivity index (χ2v) is 7.40. The molecule has 2 atom stereocenters. The highest BCUT2D eigenvalue weighted by Gasteiger charge is 2.29. The first-order valence-corrected chi connectivity index (χ1v) is 9.74. The molecule has 3 rings (SSSR count). The van der Waals surface area contributed by atoms with Gasteiger partial charge in [-0.1, -0.05) is 25.1 Å². The molecule has 0 bridgehead atoms. The third-order valence-corrected chi connectivity index (χ3v) is 5.80. The van der Waals surface area contributed by atoms with Crippen LogP contribution in [-0.2, 0) is 12.8 Å². The van der Waals surface area contributed by atoms with Crippen LogP contribution in [-0.4, -0.2) is 31.6 Å². The molecule has 26 heavy (non-hydrogen) atoms. The summed E-state index contributed by atoms with van der Waals surface area (Å²) in [4.78, 5) is 2.47. The minimum Gasteiger partial charge on any atom is -0.497 e. The third kappa shape index (κ3) is 4.27. The molecular weight excluding hydrogens is 325 g/mol. The summed E-state index contributed by atoms with van der Waals surface area (Å²) in [5, 5.41) is 0. The predicted octanol–water partition coefficient (Wildman–Crippen LogP) is 5.21. The lowest BCUT2D eigenvalue weighted by atomic mass is 9.77. The second kappa shape index (κ2) is 8.68. The summed E-state index contributed by atoms with van der Waals surface area (Å²) in [6, 6.07) is 14.0. The lowest BCUT2D eigenvalue weighted by Gasteiger charge is -2.37. The molecule has 0 aromatic heterocycles. The fourth-order valence-electron chi connectivity index (χ4n) is 4.42. The van der Waals surface area contributed by atoms with E-state index in [9.17, 15) is 4.39 Å². The first kappa shape index (κ1) is 18.9. The fraction of sp³-hybridized carbons (Fsp3) is 0.478. The Morgan fingerprint density at radius 1 is 1.23 bits per heavy atom. The van der Waals surface area contributed by atoms with E-state index in [1.165, 1.54) is 30.0 Å². The maximum Gasteiger partial charge on any atom is 0.123 e. The second-order valence-electron chi connectivity index (χ2n) is 7.40. The van der Waals surface area contributed by atoms with Crippen LogP contribution in [0.1, 0.15) is 48.8 Å². The van der Waals surface area contributed by atoms with E-state index in [1.807, 2.05) is 6.07 Å². The molecule has 1 aliphatic carbocycles. The third-order valence-electron chi connectivity index (χ3n) is 5.80. The standard InChI is InChI=1S/C23H30FNO/c1-4-23(25(2)14-13-17-7-5-9-19(24)15-17)22-10-6-8-18-16-20(26-3)11-12-21(18)22/h5,7,9,11-12,15-16,22-23H,4,6,8,10,13-14H2,1-3H3. The van der Waals surface area contributed by atoms with Gasteiger partial charge in [0, 0.05) is 12.6 Å². The molecule has 0 heterocycles.